The molecule has 1 rings (SSSR count). The van der Waals surface area contributed by atoms with E-state index in [1.54, 1.807) is 11.8 Å². The van der Waals surface area contributed by atoms with E-state index in [0.717, 1.165) is 24.8 Å². The molecular weight excluding hydrogens is 280 g/mol. The third kappa shape index (κ3) is 6.94. The number of carbonyl (C=O) groups excluding carboxylic acids is 2. The van der Waals surface area contributed by atoms with Gasteiger partial charge in [0.05, 0.1) is 5.75 Å². The Balaban J connectivity index is 2.52. The first-order valence-corrected chi connectivity index (χ1v) is 8.82. The maximum absolute atomic E-state index is 12.1. The van der Waals surface area contributed by atoms with Crippen molar-refractivity contribution in [3.63, 3.8) is 0 Å². The number of hydrogen-bond donors (Lipinski definition) is 0. The fourth-order valence-corrected chi connectivity index (χ4v) is 3.21. The Hall–Kier alpha value is -1.09. The summed E-state index contributed by atoms with van der Waals surface area (Å²) in [6.45, 7) is 6.04. The van der Waals surface area contributed by atoms with Crippen LogP contribution in [0.2, 0.25) is 0 Å². The van der Waals surface area contributed by atoms with E-state index in [1.165, 1.54) is 0 Å². The zero-order chi connectivity index (χ0) is 15.7. The van der Waals surface area contributed by atoms with Crippen LogP contribution in [0.5, 0.6) is 0 Å². The summed E-state index contributed by atoms with van der Waals surface area (Å²) in [7, 11) is 0. The van der Waals surface area contributed by atoms with Crippen molar-refractivity contribution in [1.82, 2.24) is 0 Å². The van der Waals surface area contributed by atoms with Gasteiger partial charge in [-0.2, -0.15) is 0 Å². The lowest BCUT2D eigenvalue weighted by molar-refractivity contribution is -0.121. The number of thioether (sulfide) groups is 1. The minimum atomic E-state index is 0.0829. The van der Waals surface area contributed by atoms with Gasteiger partial charge in [0.25, 0.3) is 0 Å². The molecule has 21 heavy (non-hydrogen) atoms. The third-order valence-electron chi connectivity index (χ3n) is 3.50. The molecule has 1 unspecified atom stereocenters. The van der Waals surface area contributed by atoms with Gasteiger partial charge in [-0.1, -0.05) is 63.9 Å². The second-order valence-electron chi connectivity index (χ2n) is 5.69. The molecule has 0 amide bonds. The van der Waals surface area contributed by atoms with E-state index in [2.05, 4.69) is 6.92 Å². The van der Waals surface area contributed by atoms with E-state index in [-0.39, 0.29) is 17.0 Å². The number of rotatable bonds is 10. The van der Waals surface area contributed by atoms with Crippen LogP contribution in [0.3, 0.4) is 0 Å². The Labute approximate surface area is 132 Å². The molecule has 3 heteroatoms. The molecule has 0 N–H and O–H groups in total. The summed E-state index contributed by atoms with van der Waals surface area (Å²) in [6.07, 6.45) is 3.84. The SMILES string of the molecule is CCCCC(CC(=O)C(C)C)SCC(=O)c1ccccc1. The number of hydrogen-bond acceptors (Lipinski definition) is 3. The normalized spacial score (nSPS) is 12.4. The predicted octanol–water partition coefficient (Wildman–Crippen LogP) is 4.78. The number of unbranched alkanes of at least 4 members (excludes halogenated alkanes) is 1. The molecule has 0 aliphatic rings. The van der Waals surface area contributed by atoms with E-state index in [4.69, 9.17) is 0 Å². The van der Waals surface area contributed by atoms with Crippen LogP contribution in [0, 0.1) is 5.92 Å². The highest BCUT2D eigenvalue weighted by atomic mass is 32.2. The van der Waals surface area contributed by atoms with E-state index in [0.29, 0.717) is 18.0 Å². The highest BCUT2D eigenvalue weighted by Gasteiger charge is 2.18. The van der Waals surface area contributed by atoms with Gasteiger partial charge in [-0.05, 0) is 6.42 Å². The van der Waals surface area contributed by atoms with Crippen LogP contribution in [-0.2, 0) is 4.79 Å². The van der Waals surface area contributed by atoms with Crippen LogP contribution in [-0.4, -0.2) is 22.6 Å². The maximum Gasteiger partial charge on any atom is 0.172 e. The standard InChI is InChI=1S/C18H26O2S/c1-4-5-11-16(12-17(19)14(2)3)21-13-18(20)15-9-7-6-8-10-15/h6-10,14,16H,4-5,11-13H2,1-3H3. The molecular formula is C18H26O2S. The van der Waals surface area contributed by atoms with Crippen LogP contribution in [0.1, 0.15) is 56.8 Å². The first-order chi connectivity index (χ1) is 10.0. The van der Waals surface area contributed by atoms with Crippen LogP contribution >= 0.6 is 11.8 Å². The smallest absolute Gasteiger partial charge is 0.172 e. The van der Waals surface area contributed by atoms with Gasteiger partial charge < -0.3 is 0 Å². The molecule has 0 saturated heterocycles. The summed E-state index contributed by atoms with van der Waals surface area (Å²) >= 11 is 1.64. The number of Topliss-reactive ketones (excluding diaryl/α,β-unsaturated/α-hetero) is 2. The first-order valence-electron chi connectivity index (χ1n) is 7.77. The van der Waals surface area contributed by atoms with Gasteiger partial charge in [0, 0.05) is 23.2 Å². The summed E-state index contributed by atoms with van der Waals surface area (Å²) in [4.78, 5) is 24.1. The van der Waals surface area contributed by atoms with Gasteiger partial charge in [0.1, 0.15) is 5.78 Å². The molecule has 0 saturated carbocycles. The molecule has 2 nitrogen and oxygen atoms in total. The molecule has 0 aliphatic carbocycles. The minimum Gasteiger partial charge on any atom is -0.299 e. The highest BCUT2D eigenvalue weighted by Crippen LogP contribution is 2.23. The third-order valence-corrected chi connectivity index (χ3v) is 4.80. The van der Waals surface area contributed by atoms with Crippen molar-refractivity contribution in [1.29, 1.82) is 0 Å². The fourth-order valence-electron chi connectivity index (χ4n) is 2.04. The molecule has 0 radical (unpaired) electrons. The lowest BCUT2D eigenvalue weighted by Crippen LogP contribution is -2.17. The zero-order valence-corrected chi connectivity index (χ0v) is 14.1. The number of carbonyl (C=O) groups is 2. The molecule has 0 bridgehead atoms. The van der Waals surface area contributed by atoms with E-state index >= 15 is 0 Å². The zero-order valence-electron chi connectivity index (χ0n) is 13.3. The van der Waals surface area contributed by atoms with Crippen molar-refractivity contribution in [2.75, 3.05) is 5.75 Å². The number of ketones is 2. The molecule has 1 atom stereocenters. The van der Waals surface area contributed by atoms with Crippen molar-refractivity contribution >= 4 is 23.3 Å². The van der Waals surface area contributed by atoms with Crippen LogP contribution in [0.4, 0.5) is 0 Å². The van der Waals surface area contributed by atoms with Crippen molar-refractivity contribution < 1.29 is 9.59 Å². The maximum atomic E-state index is 12.1. The summed E-state index contributed by atoms with van der Waals surface area (Å²) in [5.74, 6) is 0.999. The molecule has 116 valence electrons. The van der Waals surface area contributed by atoms with E-state index in [1.807, 2.05) is 44.2 Å². The highest BCUT2D eigenvalue weighted by molar-refractivity contribution is 8.00. The summed E-state index contributed by atoms with van der Waals surface area (Å²) in [6, 6.07) is 9.38. The lowest BCUT2D eigenvalue weighted by atomic mass is 10.0. The van der Waals surface area contributed by atoms with Crippen molar-refractivity contribution in [3.8, 4) is 0 Å². The van der Waals surface area contributed by atoms with Gasteiger partial charge in [0.15, 0.2) is 5.78 Å². The molecule has 1 aromatic carbocycles. The van der Waals surface area contributed by atoms with Gasteiger partial charge in [-0.25, -0.2) is 0 Å². The van der Waals surface area contributed by atoms with Crippen molar-refractivity contribution in [2.24, 2.45) is 5.92 Å². The Morgan fingerprint density at radius 2 is 1.81 bits per heavy atom. The van der Waals surface area contributed by atoms with Crippen LogP contribution in [0.25, 0.3) is 0 Å². The lowest BCUT2D eigenvalue weighted by Gasteiger charge is -2.16. The predicted molar refractivity (Wildman–Crippen MR) is 91.0 cm³/mol. The topological polar surface area (TPSA) is 34.1 Å². The average Bonchev–Trinajstić information content (AvgIpc) is 2.50. The van der Waals surface area contributed by atoms with E-state index < -0.39 is 0 Å². The second-order valence-corrected chi connectivity index (χ2v) is 6.98. The van der Waals surface area contributed by atoms with E-state index in [9.17, 15) is 9.59 Å². The average molecular weight is 306 g/mol. The van der Waals surface area contributed by atoms with Crippen molar-refractivity contribution in [3.05, 3.63) is 35.9 Å². The minimum absolute atomic E-state index is 0.0829. The Morgan fingerprint density at radius 3 is 2.38 bits per heavy atom. The van der Waals surface area contributed by atoms with Gasteiger partial charge in [0.2, 0.25) is 0 Å². The monoisotopic (exact) mass is 306 g/mol. The summed E-state index contributed by atoms with van der Waals surface area (Å²) < 4.78 is 0. The van der Waals surface area contributed by atoms with Gasteiger partial charge >= 0.3 is 0 Å². The quantitative estimate of drug-likeness (QED) is 0.584. The molecule has 0 aromatic heterocycles. The molecule has 1 aromatic rings. The Kier molecular flexibility index (Phi) is 8.36. The Bertz CT molecular complexity index is 440. The largest absolute Gasteiger partial charge is 0.299 e. The van der Waals surface area contributed by atoms with Gasteiger partial charge in [-0.15, -0.1) is 11.8 Å². The summed E-state index contributed by atoms with van der Waals surface area (Å²) in [5.41, 5.74) is 0.759. The first kappa shape index (κ1) is 18.0. The molecule has 0 aliphatic heterocycles. The van der Waals surface area contributed by atoms with Crippen LogP contribution < -0.4 is 0 Å². The Morgan fingerprint density at radius 1 is 1.14 bits per heavy atom. The number of benzene rings is 1. The van der Waals surface area contributed by atoms with Crippen LogP contribution in [0.15, 0.2) is 30.3 Å². The molecule has 0 spiro atoms. The second kappa shape index (κ2) is 9.78. The molecule has 0 heterocycles. The summed E-state index contributed by atoms with van der Waals surface area (Å²) in [5, 5.41) is 0.271. The fraction of sp³-hybridized carbons (Fsp3) is 0.556. The molecule has 0 fully saturated rings. The van der Waals surface area contributed by atoms with Gasteiger partial charge in [-0.3, -0.25) is 9.59 Å². The van der Waals surface area contributed by atoms with Crippen molar-refractivity contribution in [2.45, 2.75) is 51.7 Å².